The van der Waals surface area contributed by atoms with Gasteiger partial charge in [-0.2, -0.15) is 0 Å². The first-order valence-corrected chi connectivity index (χ1v) is 13.8. The van der Waals surface area contributed by atoms with Crippen molar-refractivity contribution in [2.24, 2.45) is 23.2 Å². The molecule has 0 bridgehead atoms. The Balaban J connectivity index is 1.29. The molecule has 0 aliphatic heterocycles. The Kier molecular flexibility index (Phi) is 6.90. The molecule has 5 rings (SSSR count). The zero-order valence-electron chi connectivity index (χ0n) is 22.0. The second kappa shape index (κ2) is 9.70. The third kappa shape index (κ3) is 4.57. The Morgan fingerprint density at radius 2 is 1.89 bits per heavy atom. The van der Waals surface area contributed by atoms with Gasteiger partial charge in [0.1, 0.15) is 0 Å². The molecule has 1 aromatic rings. The molecule has 0 aromatic carbocycles. The Bertz CT molecular complexity index is 1080. The summed E-state index contributed by atoms with van der Waals surface area (Å²) in [7, 11) is 0. The van der Waals surface area contributed by atoms with E-state index < -0.39 is 23.7 Å². The van der Waals surface area contributed by atoms with E-state index in [4.69, 9.17) is 4.42 Å². The van der Waals surface area contributed by atoms with Gasteiger partial charge in [0, 0.05) is 13.3 Å². The van der Waals surface area contributed by atoms with Crippen molar-refractivity contribution in [2.75, 3.05) is 0 Å². The van der Waals surface area contributed by atoms with Crippen molar-refractivity contribution in [1.82, 2.24) is 10.2 Å². The lowest BCUT2D eigenvalue weighted by molar-refractivity contribution is 0.0862. The Morgan fingerprint density at radius 1 is 1.11 bits per heavy atom. The normalized spacial score (nSPS) is 38.0. The van der Waals surface area contributed by atoms with E-state index in [0.29, 0.717) is 42.4 Å². The highest BCUT2D eigenvalue weighted by molar-refractivity contribution is 5.38. The molecule has 0 spiro atoms. The van der Waals surface area contributed by atoms with Gasteiger partial charge in [0.2, 0.25) is 11.8 Å². The zero-order valence-corrected chi connectivity index (χ0v) is 22.0. The topological polar surface area (TPSA) is 99.6 Å². The molecule has 4 saturated carbocycles. The molecule has 0 radical (unpaired) electrons. The van der Waals surface area contributed by atoms with Gasteiger partial charge in [0.05, 0.1) is 23.7 Å². The van der Waals surface area contributed by atoms with Crippen LogP contribution in [0.5, 0.6) is 0 Å². The minimum atomic E-state index is -0.646. The first kappa shape index (κ1) is 25.6. The van der Waals surface area contributed by atoms with E-state index in [2.05, 4.69) is 48.9 Å². The fourth-order valence-electron chi connectivity index (χ4n) is 7.48. The highest BCUT2D eigenvalue weighted by Gasteiger charge is 2.54. The van der Waals surface area contributed by atoms with Crippen molar-refractivity contribution in [3.63, 3.8) is 0 Å². The van der Waals surface area contributed by atoms with Gasteiger partial charge in [-0.05, 0) is 85.7 Å². The number of allylic oxidation sites excluding steroid dienone is 4. The van der Waals surface area contributed by atoms with E-state index in [-0.39, 0.29) is 5.41 Å². The first-order valence-electron chi connectivity index (χ1n) is 13.8. The van der Waals surface area contributed by atoms with E-state index in [9.17, 15) is 15.3 Å². The molecule has 1 heterocycles. The van der Waals surface area contributed by atoms with Crippen LogP contribution in [0.1, 0.15) is 83.4 Å². The van der Waals surface area contributed by atoms with E-state index in [0.717, 1.165) is 30.4 Å². The van der Waals surface area contributed by atoms with Gasteiger partial charge >= 0.3 is 0 Å². The van der Waals surface area contributed by atoms with Crippen LogP contribution in [0.15, 0.2) is 52.0 Å². The van der Waals surface area contributed by atoms with E-state index >= 15 is 0 Å². The monoisotopic (exact) mass is 494 g/mol. The lowest BCUT2D eigenvalue weighted by atomic mass is 9.61. The van der Waals surface area contributed by atoms with Gasteiger partial charge in [-0.25, -0.2) is 0 Å². The van der Waals surface area contributed by atoms with Crippen LogP contribution in [0, 0.1) is 30.1 Å². The quantitative estimate of drug-likeness (QED) is 0.476. The summed E-state index contributed by atoms with van der Waals surface area (Å²) in [6, 6.07) is 0. The van der Waals surface area contributed by atoms with E-state index in [1.807, 2.05) is 6.08 Å². The molecular weight excluding hydrogens is 452 g/mol. The van der Waals surface area contributed by atoms with Gasteiger partial charge in [-0.1, -0.05) is 50.3 Å². The molecule has 0 amide bonds. The molecular formula is C30H42N2O4. The summed E-state index contributed by atoms with van der Waals surface area (Å²) in [5.41, 5.74) is 3.06. The summed E-state index contributed by atoms with van der Waals surface area (Å²) in [5, 5.41) is 39.5. The maximum atomic E-state index is 11.0. The maximum absolute atomic E-state index is 11.0. The van der Waals surface area contributed by atoms with Crippen molar-refractivity contribution in [1.29, 1.82) is 0 Å². The molecule has 36 heavy (non-hydrogen) atoms. The van der Waals surface area contributed by atoms with Crippen LogP contribution in [0.2, 0.25) is 0 Å². The molecule has 1 aromatic heterocycles. The molecule has 4 aliphatic carbocycles. The van der Waals surface area contributed by atoms with Crippen molar-refractivity contribution in [3.05, 3.63) is 59.4 Å². The Morgan fingerprint density at radius 3 is 2.58 bits per heavy atom. The number of hydrogen-bond acceptors (Lipinski definition) is 6. The minimum absolute atomic E-state index is 0.237. The molecule has 6 heteroatoms. The number of aliphatic hydroxyl groups is 3. The standard InChI is InChI=1S/C30H42N2O4/c1-18(7-12-27(35)30(14-15-30)28-32-31-20(3)36-28)24-10-11-25-21(6-5-13-29(24,25)4)8-9-22-16-23(33)17-26(34)19(22)2/h7-9,12,18,23-27,33-35H,2,5-6,10-11,13-17H2,1,3-4H3/b12-7+,21-8+,22-9-/t18-,23-,24-,25+,26+,27+,29-/m1/s1. The van der Waals surface area contributed by atoms with Crippen LogP contribution in [-0.2, 0) is 5.41 Å². The molecule has 7 atom stereocenters. The maximum Gasteiger partial charge on any atom is 0.225 e. The average Bonchev–Trinajstić information content (AvgIpc) is 3.41. The van der Waals surface area contributed by atoms with Crippen molar-refractivity contribution < 1.29 is 19.7 Å². The number of aromatic nitrogens is 2. The summed E-state index contributed by atoms with van der Waals surface area (Å²) in [6.45, 7) is 10.6. The number of fused-ring (bicyclic) bond motifs is 1. The number of nitrogens with zero attached hydrogens (tertiary/aromatic N) is 2. The third-order valence-electron chi connectivity index (χ3n) is 9.84. The molecule has 196 valence electrons. The van der Waals surface area contributed by atoms with Crippen LogP contribution in [0.3, 0.4) is 0 Å². The molecule has 0 unspecified atom stereocenters. The fraction of sp³-hybridized carbons (Fsp3) is 0.667. The fourth-order valence-corrected chi connectivity index (χ4v) is 7.48. The summed E-state index contributed by atoms with van der Waals surface area (Å²) in [4.78, 5) is 0. The molecule has 3 N–H and O–H groups in total. The van der Waals surface area contributed by atoms with Gasteiger partial charge in [0.25, 0.3) is 0 Å². The van der Waals surface area contributed by atoms with Crippen LogP contribution < -0.4 is 0 Å². The molecule has 6 nitrogen and oxygen atoms in total. The minimum Gasteiger partial charge on any atom is -0.425 e. The Hall–Kier alpha value is -2.02. The first-order chi connectivity index (χ1) is 17.1. The SMILES string of the molecule is C=C1/C(=C\C=C2/CCC[C@]3(C)[C@@H]([C@H](C)/C=C/[C@H](O)C4(c5nnc(C)o5)CC4)CC[C@@H]23)C[C@@H](O)C[C@@H]1O. The number of aryl methyl sites for hydroxylation is 1. The molecule has 4 fully saturated rings. The van der Waals surface area contributed by atoms with Crippen LogP contribution in [0.25, 0.3) is 0 Å². The van der Waals surface area contributed by atoms with Gasteiger partial charge in [0.15, 0.2) is 0 Å². The highest BCUT2D eigenvalue weighted by Crippen LogP contribution is 2.59. The summed E-state index contributed by atoms with van der Waals surface area (Å²) in [6.07, 6.45) is 15.4. The smallest absolute Gasteiger partial charge is 0.225 e. The predicted octanol–water partition coefficient (Wildman–Crippen LogP) is 5.10. The van der Waals surface area contributed by atoms with Crippen molar-refractivity contribution in [2.45, 2.75) is 102 Å². The largest absolute Gasteiger partial charge is 0.425 e. The second-order valence-corrected chi connectivity index (χ2v) is 12.1. The van der Waals surface area contributed by atoms with Crippen LogP contribution >= 0.6 is 0 Å². The summed E-state index contributed by atoms with van der Waals surface area (Å²) in [5.74, 6) is 2.60. The van der Waals surface area contributed by atoms with Gasteiger partial charge in [-0.3, -0.25) is 0 Å². The van der Waals surface area contributed by atoms with Gasteiger partial charge < -0.3 is 19.7 Å². The van der Waals surface area contributed by atoms with E-state index in [1.54, 1.807) is 6.92 Å². The van der Waals surface area contributed by atoms with Crippen molar-refractivity contribution >= 4 is 0 Å². The van der Waals surface area contributed by atoms with Crippen LogP contribution in [0.4, 0.5) is 0 Å². The third-order valence-corrected chi connectivity index (χ3v) is 9.84. The highest BCUT2D eigenvalue weighted by atomic mass is 16.4. The molecule has 0 saturated heterocycles. The lowest BCUT2D eigenvalue weighted by Crippen LogP contribution is -2.35. The van der Waals surface area contributed by atoms with Crippen LogP contribution in [-0.4, -0.2) is 43.8 Å². The zero-order chi connectivity index (χ0) is 25.7. The molecule has 4 aliphatic rings. The predicted molar refractivity (Wildman–Crippen MR) is 139 cm³/mol. The summed E-state index contributed by atoms with van der Waals surface area (Å²) >= 11 is 0. The van der Waals surface area contributed by atoms with Gasteiger partial charge in [-0.15, -0.1) is 10.2 Å². The van der Waals surface area contributed by atoms with Crippen molar-refractivity contribution in [3.8, 4) is 0 Å². The van der Waals surface area contributed by atoms with E-state index in [1.165, 1.54) is 31.3 Å². The number of aliphatic hydroxyl groups excluding tert-OH is 3. The number of hydrogen-bond donors (Lipinski definition) is 3. The second-order valence-electron chi connectivity index (χ2n) is 12.1. The summed E-state index contributed by atoms with van der Waals surface area (Å²) < 4.78 is 5.66. The average molecular weight is 495 g/mol. The Labute approximate surface area is 214 Å². The lowest BCUT2D eigenvalue weighted by Gasteiger charge is -2.44. The number of rotatable bonds is 6.